The molecule has 286 valence electrons. The van der Waals surface area contributed by atoms with E-state index in [0.717, 1.165) is 19.3 Å². The number of alkyl halides is 2. The molecule has 13 nitrogen and oxygen atoms in total. The predicted octanol–water partition coefficient (Wildman–Crippen LogP) is 5.30. The number of ether oxygens (including phenoxy) is 1. The number of ketones is 1. The topological polar surface area (TPSA) is 177 Å². The van der Waals surface area contributed by atoms with Gasteiger partial charge in [-0.3, -0.25) is 28.8 Å². The molecule has 0 aromatic carbocycles. The number of hydroxylamine groups is 2. The molecule has 0 saturated carbocycles. The maximum Gasteiger partial charge on any atom is 0.358 e. The van der Waals surface area contributed by atoms with Crippen LogP contribution in [0.15, 0.2) is 0 Å². The molecule has 0 aromatic rings. The van der Waals surface area contributed by atoms with Crippen LogP contribution < -0.4 is 16.0 Å². The van der Waals surface area contributed by atoms with Gasteiger partial charge in [-0.25, -0.2) is 4.79 Å². The maximum atomic E-state index is 11.6. The Morgan fingerprint density at radius 3 is 1.63 bits per heavy atom. The Labute approximate surface area is 310 Å². The molecule has 0 radical (unpaired) electrons. The summed E-state index contributed by atoms with van der Waals surface area (Å²) in [6.07, 6.45) is 4.70. The molecule has 1 heterocycles. The number of nitrogens with zero attached hydrogens (tertiary/aromatic N) is 1. The molecular weight excluding hydrogens is 768 g/mol. The number of nitrogens with one attached hydrogen (secondary N) is 3. The molecule has 5 amide bonds. The molecule has 0 bridgehead atoms. The number of unbranched alkanes of at least 4 members (excludes halogenated alkanes) is 2. The average molecular weight is 831 g/mol. The van der Waals surface area contributed by atoms with Crippen molar-refractivity contribution in [1.82, 2.24) is 21.0 Å². The molecule has 49 heavy (non-hydrogen) atoms. The first-order valence-electron chi connectivity index (χ1n) is 16.7. The average Bonchev–Trinajstić information content (AvgIpc) is 3.29. The summed E-state index contributed by atoms with van der Waals surface area (Å²) in [5, 5.41) is 9.34. The fraction of sp³-hybridized carbons (Fsp3) is 0.794. The van der Waals surface area contributed by atoms with Crippen molar-refractivity contribution in [3.8, 4) is 0 Å². The monoisotopic (exact) mass is 828 g/mol. The lowest BCUT2D eigenvalue weighted by molar-refractivity contribution is -0.202. The van der Waals surface area contributed by atoms with Gasteiger partial charge >= 0.3 is 5.97 Å². The molecule has 15 heteroatoms. The summed E-state index contributed by atoms with van der Waals surface area (Å²) in [6.45, 7) is 22.2. The van der Waals surface area contributed by atoms with Crippen molar-refractivity contribution < 1.29 is 43.1 Å². The third kappa shape index (κ3) is 35.2. The molecule has 3 N–H and O–H groups in total. The van der Waals surface area contributed by atoms with Gasteiger partial charge < -0.3 is 25.5 Å². The summed E-state index contributed by atoms with van der Waals surface area (Å²) >= 11 is 6.11. The zero-order valence-electron chi connectivity index (χ0n) is 31.6. The zero-order chi connectivity index (χ0) is 38.8. The van der Waals surface area contributed by atoms with E-state index in [2.05, 4.69) is 73.4 Å². The van der Waals surface area contributed by atoms with Crippen LogP contribution in [0.3, 0.4) is 0 Å². The van der Waals surface area contributed by atoms with Gasteiger partial charge in [-0.2, -0.15) is 0 Å². The largest absolute Gasteiger partial charge is 0.364 e. The second kappa shape index (κ2) is 27.3. The predicted molar refractivity (Wildman–Crippen MR) is 198 cm³/mol. The molecule has 1 fully saturated rings. The molecular formula is C34H62Br2N4O9. The summed E-state index contributed by atoms with van der Waals surface area (Å²) in [4.78, 5) is 82.6. The second-order valence-corrected chi connectivity index (χ2v) is 15.2. The maximum absolute atomic E-state index is 11.6. The van der Waals surface area contributed by atoms with Crippen LogP contribution in [0, 0.1) is 5.41 Å². The number of halogens is 2. The Bertz CT molecular complexity index is 1020. The standard InChI is InChI=1S/C13H24BrNO2.C10H15NO5.C9H17BrN2O2.C2H6/c1-13(2,3)9-11(16)7-5-4-6-8-15-12(17)10-14;1-10(2,3)15-6-9(14)16-11-7(12)4-5-8(11)13;1-9(2,3)12-7(13)4-5-11-8(14)6-10;1-2/h4-10H2,1-3H3,(H,15,17);4-6H2,1-3H3;4-6H2,1-3H3,(H,11,14)(H,12,13);1-2H3. The molecule has 0 aliphatic carbocycles. The van der Waals surface area contributed by atoms with E-state index < -0.39 is 23.4 Å². The fourth-order valence-electron chi connectivity index (χ4n) is 3.48. The molecule has 0 aromatic heterocycles. The number of hydrogen-bond donors (Lipinski definition) is 3. The van der Waals surface area contributed by atoms with Gasteiger partial charge in [0.15, 0.2) is 0 Å². The second-order valence-electron chi connectivity index (χ2n) is 14.0. The van der Waals surface area contributed by atoms with E-state index in [4.69, 9.17) is 4.74 Å². The first kappa shape index (κ1) is 51.0. The van der Waals surface area contributed by atoms with Crippen molar-refractivity contribution in [2.24, 2.45) is 5.41 Å². The smallest absolute Gasteiger partial charge is 0.358 e. The van der Waals surface area contributed by atoms with Gasteiger partial charge in [-0.1, -0.05) is 72.9 Å². The highest BCUT2D eigenvalue weighted by Gasteiger charge is 2.33. The van der Waals surface area contributed by atoms with Crippen LogP contribution in [0.5, 0.6) is 0 Å². The highest BCUT2D eigenvalue weighted by Crippen LogP contribution is 2.20. The van der Waals surface area contributed by atoms with Crippen LogP contribution in [0.4, 0.5) is 0 Å². The lowest BCUT2D eigenvalue weighted by atomic mass is 9.88. The summed E-state index contributed by atoms with van der Waals surface area (Å²) in [7, 11) is 0. The van der Waals surface area contributed by atoms with Crippen LogP contribution in [-0.4, -0.2) is 87.8 Å². The first-order valence-corrected chi connectivity index (χ1v) is 18.9. The van der Waals surface area contributed by atoms with E-state index in [9.17, 15) is 33.6 Å². The van der Waals surface area contributed by atoms with Crippen molar-refractivity contribution in [3.05, 3.63) is 0 Å². The quantitative estimate of drug-likeness (QED) is 0.112. The Balaban J connectivity index is -0.000000634. The number of amides is 5. The Morgan fingerprint density at radius 1 is 0.714 bits per heavy atom. The minimum Gasteiger partial charge on any atom is -0.364 e. The van der Waals surface area contributed by atoms with Crippen molar-refractivity contribution in [1.29, 1.82) is 0 Å². The van der Waals surface area contributed by atoms with Gasteiger partial charge in [0, 0.05) is 50.7 Å². The van der Waals surface area contributed by atoms with E-state index in [0.29, 0.717) is 48.5 Å². The lowest BCUT2D eigenvalue weighted by Gasteiger charge is -2.20. The molecule has 1 rings (SSSR count). The SMILES string of the molecule is CC.CC(C)(C)CC(=O)CCCCCNC(=O)CBr.CC(C)(C)NC(=O)CCNC(=O)CBr.CC(C)(C)OCC(=O)ON1C(=O)CCC1=O. The summed E-state index contributed by atoms with van der Waals surface area (Å²) < 4.78 is 5.15. The molecule has 1 aliphatic heterocycles. The number of rotatable bonds is 15. The van der Waals surface area contributed by atoms with Crippen molar-refractivity contribution in [2.45, 2.75) is 139 Å². The number of Topliss-reactive ketones (excluding diaryl/α,β-unsaturated/α-hetero) is 1. The lowest BCUT2D eigenvalue weighted by Crippen LogP contribution is -2.42. The van der Waals surface area contributed by atoms with E-state index in [1.165, 1.54) is 0 Å². The molecule has 0 unspecified atom stereocenters. The number of carbonyl (C=O) groups is 7. The Hall–Kier alpha value is -2.39. The van der Waals surface area contributed by atoms with Gasteiger partial charge in [0.25, 0.3) is 11.8 Å². The molecule has 1 saturated heterocycles. The normalized spacial score (nSPS) is 12.6. The number of carbonyl (C=O) groups excluding carboxylic acids is 7. The third-order valence-electron chi connectivity index (χ3n) is 5.44. The van der Waals surface area contributed by atoms with Crippen LogP contribution in [0.2, 0.25) is 0 Å². The van der Waals surface area contributed by atoms with Gasteiger partial charge in [0.1, 0.15) is 12.4 Å². The van der Waals surface area contributed by atoms with Gasteiger partial charge in [-0.15, -0.1) is 5.06 Å². The van der Waals surface area contributed by atoms with Crippen molar-refractivity contribution in [2.75, 3.05) is 30.4 Å². The number of imide groups is 1. The van der Waals surface area contributed by atoms with Gasteiger partial charge in [-0.05, 0) is 59.8 Å². The summed E-state index contributed by atoms with van der Waals surface area (Å²) in [5.74, 6) is -1.52. The minimum absolute atomic E-state index is 0.0220. The Morgan fingerprint density at radius 2 is 1.20 bits per heavy atom. The highest BCUT2D eigenvalue weighted by molar-refractivity contribution is 9.09. The van der Waals surface area contributed by atoms with Crippen LogP contribution >= 0.6 is 31.9 Å². The van der Waals surface area contributed by atoms with E-state index in [-0.39, 0.29) is 53.5 Å². The van der Waals surface area contributed by atoms with Crippen molar-refractivity contribution >= 4 is 73.1 Å². The van der Waals surface area contributed by atoms with Gasteiger partial charge in [0.2, 0.25) is 17.7 Å². The van der Waals surface area contributed by atoms with Crippen LogP contribution in [0.1, 0.15) is 128 Å². The van der Waals surface area contributed by atoms with E-state index in [1.54, 1.807) is 20.8 Å². The van der Waals surface area contributed by atoms with Crippen molar-refractivity contribution in [3.63, 3.8) is 0 Å². The zero-order valence-corrected chi connectivity index (χ0v) is 34.7. The highest BCUT2D eigenvalue weighted by atomic mass is 79.9. The first-order chi connectivity index (χ1) is 22.5. The summed E-state index contributed by atoms with van der Waals surface area (Å²) in [5.41, 5.74) is -0.588. The van der Waals surface area contributed by atoms with E-state index >= 15 is 0 Å². The number of hydrogen-bond acceptors (Lipinski definition) is 9. The third-order valence-corrected chi connectivity index (χ3v) is 6.45. The van der Waals surface area contributed by atoms with Crippen LogP contribution in [-0.2, 0) is 43.1 Å². The van der Waals surface area contributed by atoms with E-state index in [1.807, 2.05) is 34.6 Å². The molecule has 0 spiro atoms. The molecule has 1 aliphatic rings. The van der Waals surface area contributed by atoms with Crippen LogP contribution in [0.25, 0.3) is 0 Å². The van der Waals surface area contributed by atoms with Gasteiger partial charge in [0.05, 0.1) is 16.3 Å². The Kier molecular flexibility index (Phi) is 28.5. The fourth-order valence-corrected chi connectivity index (χ4v) is 3.88. The molecule has 0 atom stereocenters. The minimum atomic E-state index is -0.751. The summed E-state index contributed by atoms with van der Waals surface area (Å²) in [6, 6.07) is 0.